The van der Waals surface area contributed by atoms with Gasteiger partial charge in [-0.3, -0.25) is 4.90 Å². The Hall–Kier alpha value is -0.160. The topological polar surface area (TPSA) is 41.7 Å². The van der Waals surface area contributed by atoms with Gasteiger partial charge in [0.1, 0.15) is 0 Å². The highest BCUT2D eigenvalue weighted by atomic mass is 16.5. The monoisotopic (exact) mass is 255 g/mol. The van der Waals surface area contributed by atoms with E-state index in [1.807, 2.05) is 0 Å². The van der Waals surface area contributed by atoms with E-state index in [-0.39, 0.29) is 11.1 Å². The van der Waals surface area contributed by atoms with Gasteiger partial charge in [-0.25, -0.2) is 0 Å². The quantitative estimate of drug-likeness (QED) is 0.814. The summed E-state index contributed by atoms with van der Waals surface area (Å²) >= 11 is 0. The summed E-state index contributed by atoms with van der Waals surface area (Å²) in [4.78, 5) is 4.97. The van der Waals surface area contributed by atoms with Crippen molar-refractivity contribution in [1.82, 2.24) is 9.80 Å². The molecule has 0 aromatic carbocycles. The predicted molar refractivity (Wildman–Crippen MR) is 74.7 cm³/mol. The van der Waals surface area contributed by atoms with E-state index in [2.05, 4.69) is 37.7 Å². The van der Waals surface area contributed by atoms with Crippen molar-refractivity contribution in [3.05, 3.63) is 0 Å². The molecule has 0 aromatic heterocycles. The van der Waals surface area contributed by atoms with Gasteiger partial charge < -0.3 is 15.4 Å². The summed E-state index contributed by atoms with van der Waals surface area (Å²) in [5.74, 6) is 0. The first kappa shape index (κ1) is 14.3. The molecular formula is C14H29N3O. The van der Waals surface area contributed by atoms with E-state index >= 15 is 0 Å². The Bertz CT molecular complexity index is 293. The second kappa shape index (κ2) is 5.08. The fourth-order valence-electron chi connectivity index (χ4n) is 3.62. The van der Waals surface area contributed by atoms with Crippen LogP contribution in [-0.4, -0.2) is 67.3 Å². The van der Waals surface area contributed by atoms with Gasteiger partial charge in [-0.1, -0.05) is 0 Å². The molecular weight excluding hydrogens is 226 g/mol. The smallest absolute Gasteiger partial charge is 0.0644 e. The molecule has 106 valence electrons. The highest BCUT2D eigenvalue weighted by Gasteiger charge is 2.46. The van der Waals surface area contributed by atoms with Crippen molar-refractivity contribution in [1.29, 1.82) is 0 Å². The maximum atomic E-state index is 6.15. The van der Waals surface area contributed by atoms with Crippen LogP contribution in [-0.2, 0) is 4.74 Å². The van der Waals surface area contributed by atoms with Crippen molar-refractivity contribution in [2.75, 3.05) is 40.3 Å². The van der Waals surface area contributed by atoms with Gasteiger partial charge in [0.25, 0.3) is 0 Å². The lowest BCUT2D eigenvalue weighted by Crippen LogP contribution is -2.60. The zero-order valence-electron chi connectivity index (χ0n) is 12.4. The Balaban J connectivity index is 2.09. The van der Waals surface area contributed by atoms with E-state index in [0.717, 1.165) is 32.5 Å². The highest BCUT2D eigenvalue weighted by Crippen LogP contribution is 2.37. The van der Waals surface area contributed by atoms with Crippen LogP contribution in [0.5, 0.6) is 0 Å². The predicted octanol–water partition coefficient (Wildman–Crippen LogP) is 0.909. The molecule has 2 saturated heterocycles. The van der Waals surface area contributed by atoms with Crippen LogP contribution in [0.3, 0.4) is 0 Å². The van der Waals surface area contributed by atoms with Crippen LogP contribution in [0.15, 0.2) is 0 Å². The lowest BCUT2D eigenvalue weighted by Gasteiger charge is -2.49. The zero-order valence-corrected chi connectivity index (χ0v) is 12.4. The largest absolute Gasteiger partial charge is 0.375 e. The van der Waals surface area contributed by atoms with Crippen LogP contribution in [0.25, 0.3) is 0 Å². The van der Waals surface area contributed by atoms with Crippen LogP contribution >= 0.6 is 0 Å². The molecule has 2 fully saturated rings. The number of nitrogens with zero attached hydrogens (tertiary/aromatic N) is 2. The van der Waals surface area contributed by atoms with Gasteiger partial charge in [-0.05, 0) is 47.2 Å². The third kappa shape index (κ3) is 2.72. The molecule has 2 aliphatic rings. The van der Waals surface area contributed by atoms with Crippen LogP contribution < -0.4 is 5.73 Å². The number of likely N-dealkylation sites (N-methyl/N-ethyl adjacent to an activating group) is 1. The zero-order chi connectivity index (χ0) is 13.4. The lowest BCUT2D eigenvalue weighted by atomic mass is 9.80. The molecule has 2 rings (SSSR count). The Kier molecular flexibility index (Phi) is 4.02. The van der Waals surface area contributed by atoms with Gasteiger partial charge >= 0.3 is 0 Å². The molecule has 0 aromatic rings. The van der Waals surface area contributed by atoms with Gasteiger partial charge in [0.2, 0.25) is 0 Å². The van der Waals surface area contributed by atoms with Crippen LogP contribution in [0, 0.1) is 0 Å². The number of ether oxygens (including phenoxy) is 1. The molecule has 2 aliphatic heterocycles. The maximum absolute atomic E-state index is 6.15. The number of hydrogen-bond acceptors (Lipinski definition) is 4. The van der Waals surface area contributed by atoms with Gasteiger partial charge in [0.15, 0.2) is 0 Å². The van der Waals surface area contributed by atoms with Crippen molar-refractivity contribution in [3.8, 4) is 0 Å². The van der Waals surface area contributed by atoms with Crippen LogP contribution in [0.4, 0.5) is 0 Å². The van der Waals surface area contributed by atoms with Gasteiger partial charge in [0, 0.05) is 37.8 Å². The summed E-state index contributed by atoms with van der Waals surface area (Å²) in [6.07, 6.45) is 3.39. The minimum Gasteiger partial charge on any atom is -0.375 e. The van der Waals surface area contributed by atoms with E-state index in [4.69, 9.17) is 10.5 Å². The molecule has 4 nitrogen and oxygen atoms in total. The van der Waals surface area contributed by atoms with Crippen molar-refractivity contribution < 1.29 is 4.74 Å². The van der Waals surface area contributed by atoms with E-state index in [1.165, 1.54) is 13.0 Å². The fourth-order valence-corrected chi connectivity index (χ4v) is 3.62. The molecule has 2 N–H and O–H groups in total. The summed E-state index contributed by atoms with van der Waals surface area (Å²) in [5, 5.41) is 0. The molecule has 0 saturated carbocycles. The average Bonchev–Trinajstić information content (AvgIpc) is 2.77. The molecule has 0 amide bonds. The number of nitrogens with two attached hydrogens (primary N) is 1. The van der Waals surface area contributed by atoms with Crippen molar-refractivity contribution >= 4 is 0 Å². The Morgan fingerprint density at radius 3 is 2.61 bits per heavy atom. The highest BCUT2D eigenvalue weighted by molar-refractivity contribution is 5.02. The Morgan fingerprint density at radius 2 is 2.11 bits per heavy atom. The summed E-state index contributed by atoms with van der Waals surface area (Å²) in [6, 6.07) is 0.680. The van der Waals surface area contributed by atoms with Crippen LogP contribution in [0.1, 0.15) is 33.1 Å². The normalized spacial score (nSPS) is 37.3. The average molecular weight is 255 g/mol. The third-order valence-corrected chi connectivity index (χ3v) is 4.76. The first-order chi connectivity index (χ1) is 8.38. The summed E-state index contributed by atoms with van der Waals surface area (Å²) in [7, 11) is 4.36. The first-order valence-corrected chi connectivity index (χ1v) is 7.14. The van der Waals surface area contributed by atoms with Gasteiger partial charge in [-0.15, -0.1) is 0 Å². The second-order valence-corrected chi connectivity index (χ2v) is 6.82. The molecule has 2 unspecified atom stereocenters. The van der Waals surface area contributed by atoms with Crippen molar-refractivity contribution in [2.45, 2.75) is 50.3 Å². The van der Waals surface area contributed by atoms with E-state index in [9.17, 15) is 0 Å². The Morgan fingerprint density at radius 1 is 1.39 bits per heavy atom. The first-order valence-electron chi connectivity index (χ1n) is 7.14. The van der Waals surface area contributed by atoms with Gasteiger partial charge in [-0.2, -0.15) is 0 Å². The molecule has 4 heteroatoms. The minimum atomic E-state index is -0.0339. The second-order valence-electron chi connectivity index (χ2n) is 6.82. The SMILES string of the molecule is CN(C)C1CCN(C2(CN)CCOC(C)(C)C2)C1. The lowest BCUT2D eigenvalue weighted by molar-refractivity contribution is -0.114. The van der Waals surface area contributed by atoms with E-state index in [1.54, 1.807) is 0 Å². The fraction of sp³-hybridized carbons (Fsp3) is 1.00. The molecule has 2 atom stereocenters. The standard InChI is InChI=1S/C14H29N3O/c1-13(2)10-14(11-15,6-8-18-13)17-7-5-12(9-17)16(3)4/h12H,5-11,15H2,1-4H3. The number of likely N-dealkylation sites (tertiary alicyclic amines) is 1. The third-order valence-electron chi connectivity index (χ3n) is 4.76. The van der Waals surface area contributed by atoms with Crippen LogP contribution in [0.2, 0.25) is 0 Å². The maximum Gasteiger partial charge on any atom is 0.0644 e. The molecule has 0 bridgehead atoms. The summed E-state index contributed by atoms with van der Waals surface area (Å²) in [5.41, 5.74) is 6.28. The van der Waals surface area contributed by atoms with Crippen molar-refractivity contribution in [2.24, 2.45) is 5.73 Å². The van der Waals surface area contributed by atoms with Gasteiger partial charge in [0.05, 0.1) is 5.60 Å². The summed E-state index contributed by atoms with van der Waals surface area (Å²) < 4.78 is 5.86. The molecule has 0 radical (unpaired) electrons. The summed E-state index contributed by atoms with van der Waals surface area (Å²) in [6.45, 7) is 8.30. The van der Waals surface area contributed by atoms with E-state index < -0.39 is 0 Å². The molecule has 2 heterocycles. The molecule has 18 heavy (non-hydrogen) atoms. The Labute approximate surface area is 111 Å². The number of hydrogen-bond donors (Lipinski definition) is 1. The minimum absolute atomic E-state index is 0.0339. The van der Waals surface area contributed by atoms with Crippen molar-refractivity contribution in [3.63, 3.8) is 0 Å². The van der Waals surface area contributed by atoms with E-state index in [0.29, 0.717) is 6.04 Å². The molecule has 0 aliphatic carbocycles. The molecule has 0 spiro atoms. The number of rotatable bonds is 3.